The predicted octanol–water partition coefficient (Wildman–Crippen LogP) is 6.10. The Labute approximate surface area is 175 Å². The van der Waals surface area contributed by atoms with Crippen LogP contribution >= 0.6 is 27.3 Å². The van der Waals surface area contributed by atoms with E-state index in [0.717, 1.165) is 20.5 Å². The lowest BCUT2D eigenvalue weighted by Gasteiger charge is -2.07. The number of nitrogens with one attached hydrogen (secondary N) is 1. The number of benzene rings is 2. The van der Waals surface area contributed by atoms with Crippen molar-refractivity contribution in [1.29, 1.82) is 0 Å². The number of carbonyl (C=O) groups is 2. The molecule has 0 atom stereocenters. The highest BCUT2D eigenvalue weighted by atomic mass is 79.9. The summed E-state index contributed by atoms with van der Waals surface area (Å²) in [5, 5.41) is 2.66. The first-order valence-electron chi connectivity index (χ1n) is 8.61. The van der Waals surface area contributed by atoms with Crippen molar-refractivity contribution in [2.75, 3.05) is 11.9 Å². The second kappa shape index (κ2) is 9.52. The first kappa shape index (κ1) is 20.1. The number of halogens is 1. The summed E-state index contributed by atoms with van der Waals surface area (Å²) in [6.07, 6.45) is -0.630. The van der Waals surface area contributed by atoms with Gasteiger partial charge in [0.05, 0.1) is 12.3 Å². The normalized spacial score (nSPS) is 10.4. The van der Waals surface area contributed by atoms with Gasteiger partial charge in [0.2, 0.25) is 0 Å². The van der Waals surface area contributed by atoms with Gasteiger partial charge in [0, 0.05) is 9.35 Å². The Hall–Kier alpha value is -2.64. The minimum absolute atomic E-state index is 0.144. The molecule has 3 rings (SSSR count). The van der Waals surface area contributed by atoms with E-state index in [1.165, 1.54) is 11.3 Å². The molecule has 0 aliphatic rings. The Bertz CT molecular complexity index is 954. The van der Waals surface area contributed by atoms with E-state index in [9.17, 15) is 9.59 Å². The van der Waals surface area contributed by atoms with Gasteiger partial charge in [-0.05, 0) is 36.2 Å². The summed E-state index contributed by atoms with van der Waals surface area (Å²) in [5.41, 5.74) is 2.19. The van der Waals surface area contributed by atoms with Gasteiger partial charge in [-0.3, -0.25) is 5.32 Å². The van der Waals surface area contributed by atoms with Gasteiger partial charge in [0.25, 0.3) is 0 Å². The van der Waals surface area contributed by atoms with Crippen LogP contribution in [0.1, 0.15) is 22.2 Å². The van der Waals surface area contributed by atoms with Gasteiger partial charge >= 0.3 is 12.1 Å². The fraction of sp³-hybridized carbons (Fsp3) is 0.143. The predicted molar refractivity (Wildman–Crippen MR) is 114 cm³/mol. The molecule has 0 bridgehead atoms. The van der Waals surface area contributed by atoms with Gasteiger partial charge in [-0.15, -0.1) is 11.3 Å². The van der Waals surface area contributed by atoms with Crippen LogP contribution in [-0.2, 0) is 16.1 Å². The molecule has 0 saturated heterocycles. The molecule has 7 heteroatoms. The first-order valence-corrected chi connectivity index (χ1v) is 10.2. The molecule has 5 nitrogen and oxygen atoms in total. The molecule has 0 radical (unpaired) electrons. The van der Waals surface area contributed by atoms with Crippen LogP contribution in [0.25, 0.3) is 10.4 Å². The zero-order chi connectivity index (χ0) is 19.9. The summed E-state index contributed by atoms with van der Waals surface area (Å²) in [6.45, 7) is 2.13. The standard InChI is InChI=1S/C21H18BrNO4S/c1-2-26-20(24)19-17(12-18(28-19)15-8-10-16(22)11-9-15)23-21(25)27-13-14-6-4-3-5-7-14/h3-12H,2,13H2,1H3,(H,23,25). The van der Waals surface area contributed by atoms with Crippen molar-refractivity contribution in [3.8, 4) is 10.4 Å². The summed E-state index contributed by atoms with van der Waals surface area (Å²) in [7, 11) is 0. The van der Waals surface area contributed by atoms with Crippen LogP contribution < -0.4 is 5.32 Å². The molecule has 0 spiro atoms. The number of amides is 1. The third-order valence-corrected chi connectivity index (χ3v) is 5.46. The number of hydrogen-bond acceptors (Lipinski definition) is 5. The Morgan fingerprint density at radius 3 is 2.43 bits per heavy atom. The minimum Gasteiger partial charge on any atom is -0.462 e. The van der Waals surface area contributed by atoms with Gasteiger partial charge in [-0.1, -0.05) is 58.4 Å². The highest BCUT2D eigenvalue weighted by Gasteiger charge is 2.20. The summed E-state index contributed by atoms with van der Waals surface area (Å²) in [5.74, 6) is -0.478. The van der Waals surface area contributed by atoms with Gasteiger partial charge < -0.3 is 9.47 Å². The van der Waals surface area contributed by atoms with Crippen molar-refractivity contribution >= 4 is 45.0 Å². The summed E-state index contributed by atoms with van der Waals surface area (Å²) in [4.78, 5) is 25.7. The molecule has 1 N–H and O–H groups in total. The number of carbonyl (C=O) groups excluding carboxylic acids is 2. The second-order valence-corrected chi connectivity index (χ2v) is 7.74. The van der Waals surface area contributed by atoms with Crippen LogP contribution in [0, 0.1) is 0 Å². The fourth-order valence-electron chi connectivity index (χ4n) is 2.46. The second-order valence-electron chi connectivity index (χ2n) is 5.77. The molecule has 144 valence electrons. The molecule has 1 amide bonds. The molecule has 0 fully saturated rings. The number of thiophene rings is 1. The van der Waals surface area contributed by atoms with Crippen molar-refractivity contribution in [2.24, 2.45) is 0 Å². The Balaban J connectivity index is 1.78. The van der Waals surface area contributed by atoms with E-state index in [1.807, 2.05) is 54.6 Å². The Morgan fingerprint density at radius 1 is 1.04 bits per heavy atom. The van der Waals surface area contributed by atoms with Crippen LogP contribution in [0.5, 0.6) is 0 Å². The maximum Gasteiger partial charge on any atom is 0.412 e. The molecule has 0 saturated carbocycles. The van der Waals surface area contributed by atoms with E-state index < -0.39 is 12.1 Å². The largest absolute Gasteiger partial charge is 0.462 e. The lowest BCUT2D eigenvalue weighted by Crippen LogP contribution is -2.15. The van der Waals surface area contributed by atoms with Crippen molar-refractivity contribution in [1.82, 2.24) is 0 Å². The molecule has 0 aliphatic heterocycles. The highest BCUT2D eigenvalue weighted by molar-refractivity contribution is 9.10. The summed E-state index contributed by atoms with van der Waals surface area (Å²) in [6, 6.07) is 18.8. The van der Waals surface area contributed by atoms with E-state index in [4.69, 9.17) is 9.47 Å². The van der Waals surface area contributed by atoms with Crippen molar-refractivity contribution in [3.05, 3.63) is 75.6 Å². The maximum absolute atomic E-state index is 12.3. The Morgan fingerprint density at radius 2 is 1.75 bits per heavy atom. The molecular formula is C21H18BrNO4S. The maximum atomic E-state index is 12.3. The molecular weight excluding hydrogens is 442 g/mol. The van der Waals surface area contributed by atoms with E-state index >= 15 is 0 Å². The fourth-order valence-corrected chi connectivity index (χ4v) is 3.73. The molecule has 0 unspecified atom stereocenters. The van der Waals surface area contributed by atoms with Crippen molar-refractivity contribution in [2.45, 2.75) is 13.5 Å². The number of hydrogen-bond donors (Lipinski definition) is 1. The van der Waals surface area contributed by atoms with Crippen LogP contribution in [0.15, 0.2) is 65.1 Å². The first-order chi connectivity index (χ1) is 13.6. The molecule has 1 heterocycles. The van der Waals surface area contributed by atoms with Gasteiger partial charge in [0.15, 0.2) is 0 Å². The zero-order valence-corrected chi connectivity index (χ0v) is 17.5. The summed E-state index contributed by atoms with van der Waals surface area (Å²) >= 11 is 4.67. The molecule has 2 aromatic carbocycles. The molecule has 3 aromatic rings. The van der Waals surface area contributed by atoms with Crippen molar-refractivity contribution < 1.29 is 19.1 Å². The average molecular weight is 460 g/mol. The van der Waals surface area contributed by atoms with Crippen LogP contribution in [-0.4, -0.2) is 18.7 Å². The van der Waals surface area contributed by atoms with E-state index in [2.05, 4.69) is 21.2 Å². The third-order valence-electron chi connectivity index (χ3n) is 3.77. The topological polar surface area (TPSA) is 64.6 Å². The lowest BCUT2D eigenvalue weighted by atomic mass is 10.2. The number of esters is 1. The van der Waals surface area contributed by atoms with E-state index in [0.29, 0.717) is 10.6 Å². The minimum atomic E-state index is -0.630. The lowest BCUT2D eigenvalue weighted by molar-refractivity contribution is 0.0533. The molecule has 28 heavy (non-hydrogen) atoms. The smallest absolute Gasteiger partial charge is 0.412 e. The number of ether oxygens (including phenoxy) is 2. The molecule has 0 aliphatic carbocycles. The van der Waals surface area contributed by atoms with E-state index in [-0.39, 0.29) is 13.2 Å². The van der Waals surface area contributed by atoms with E-state index in [1.54, 1.807) is 13.0 Å². The third kappa shape index (κ3) is 5.21. The van der Waals surface area contributed by atoms with Gasteiger partial charge in [-0.25, -0.2) is 9.59 Å². The quantitative estimate of drug-likeness (QED) is 0.452. The Kier molecular flexibility index (Phi) is 6.84. The van der Waals surface area contributed by atoms with Gasteiger partial charge in [-0.2, -0.15) is 0 Å². The number of rotatable bonds is 6. The van der Waals surface area contributed by atoms with Crippen LogP contribution in [0.4, 0.5) is 10.5 Å². The van der Waals surface area contributed by atoms with Gasteiger partial charge in [0.1, 0.15) is 11.5 Å². The number of anilines is 1. The van der Waals surface area contributed by atoms with Crippen LogP contribution in [0.2, 0.25) is 0 Å². The molecule has 1 aromatic heterocycles. The monoisotopic (exact) mass is 459 g/mol. The SMILES string of the molecule is CCOC(=O)c1sc(-c2ccc(Br)cc2)cc1NC(=O)OCc1ccccc1. The zero-order valence-electron chi connectivity index (χ0n) is 15.1. The summed E-state index contributed by atoms with van der Waals surface area (Å²) < 4.78 is 11.3. The van der Waals surface area contributed by atoms with Crippen LogP contribution in [0.3, 0.4) is 0 Å². The van der Waals surface area contributed by atoms with Crippen molar-refractivity contribution in [3.63, 3.8) is 0 Å². The highest BCUT2D eigenvalue weighted by Crippen LogP contribution is 2.36. The average Bonchev–Trinajstić information content (AvgIpc) is 3.12.